The zero-order valence-electron chi connectivity index (χ0n) is 18.2. The first-order valence-corrected chi connectivity index (χ1v) is 10.5. The summed E-state index contributed by atoms with van der Waals surface area (Å²) in [6, 6.07) is 13.1. The number of hydrogen-bond acceptors (Lipinski definition) is 2. The van der Waals surface area contributed by atoms with Crippen LogP contribution in [0.15, 0.2) is 36.4 Å². The number of aryl methyl sites for hydroxylation is 1. The van der Waals surface area contributed by atoms with E-state index in [1.165, 1.54) is 21.9 Å². The summed E-state index contributed by atoms with van der Waals surface area (Å²) in [4.78, 5) is 17.3. The third kappa shape index (κ3) is 4.02. The van der Waals surface area contributed by atoms with Crippen molar-refractivity contribution in [2.24, 2.45) is 5.41 Å². The molecule has 0 bridgehead atoms. The molecule has 0 radical (unpaired) electrons. The van der Waals surface area contributed by atoms with Gasteiger partial charge in [0.2, 0.25) is 0 Å². The summed E-state index contributed by atoms with van der Waals surface area (Å²) in [5.74, 6) is 0. The molecule has 4 nitrogen and oxygen atoms in total. The van der Waals surface area contributed by atoms with Crippen LogP contribution in [-0.4, -0.2) is 49.1 Å². The maximum absolute atomic E-state index is 13.1. The Morgan fingerprint density at radius 1 is 1.25 bits per heavy atom. The standard InChI is InChI=1S/C24H35N3O/c1-7-18-12-13-19(21-11-9-8-10-20(18)21)17(2)25-23(28)27(6)22-14-15-26(5)16-24(22,3)4/h8-13,17,22H,7,14-16H2,1-6H3,(H,25,28). The van der Waals surface area contributed by atoms with Crippen molar-refractivity contribution in [3.8, 4) is 0 Å². The molecule has 2 amide bonds. The van der Waals surface area contributed by atoms with Gasteiger partial charge in [-0.05, 0) is 60.7 Å². The number of hydrogen-bond donors (Lipinski definition) is 1. The number of piperidine rings is 1. The third-order valence-electron chi connectivity index (χ3n) is 6.39. The van der Waals surface area contributed by atoms with E-state index in [0.717, 1.165) is 25.9 Å². The fourth-order valence-corrected chi connectivity index (χ4v) is 4.91. The second kappa shape index (κ2) is 8.12. The molecule has 0 saturated carbocycles. The highest BCUT2D eigenvalue weighted by Crippen LogP contribution is 2.32. The van der Waals surface area contributed by atoms with Crippen LogP contribution in [0.1, 0.15) is 51.3 Å². The molecular formula is C24H35N3O. The Kier molecular flexibility index (Phi) is 5.99. The lowest BCUT2D eigenvalue weighted by molar-refractivity contribution is 0.0446. The van der Waals surface area contributed by atoms with Crippen molar-refractivity contribution in [3.63, 3.8) is 0 Å². The van der Waals surface area contributed by atoms with Crippen LogP contribution in [0, 0.1) is 5.41 Å². The van der Waals surface area contributed by atoms with Crippen molar-refractivity contribution in [2.45, 2.75) is 52.6 Å². The average Bonchev–Trinajstić information content (AvgIpc) is 2.65. The molecule has 2 aromatic carbocycles. The summed E-state index contributed by atoms with van der Waals surface area (Å²) in [6.07, 6.45) is 2.02. The van der Waals surface area contributed by atoms with Crippen LogP contribution in [0.2, 0.25) is 0 Å². The summed E-state index contributed by atoms with van der Waals surface area (Å²) in [6.45, 7) is 10.8. The monoisotopic (exact) mass is 381 g/mol. The molecule has 1 saturated heterocycles. The highest BCUT2D eigenvalue weighted by atomic mass is 16.2. The van der Waals surface area contributed by atoms with E-state index in [2.05, 4.69) is 81.4 Å². The second-order valence-corrected chi connectivity index (χ2v) is 9.03. The maximum atomic E-state index is 13.1. The third-order valence-corrected chi connectivity index (χ3v) is 6.39. The number of nitrogens with zero attached hydrogens (tertiary/aromatic N) is 2. The van der Waals surface area contributed by atoms with Crippen molar-refractivity contribution >= 4 is 16.8 Å². The van der Waals surface area contributed by atoms with Crippen LogP contribution in [-0.2, 0) is 6.42 Å². The molecule has 1 N–H and O–H groups in total. The lowest BCUT2D eigenvalue weighted by atomic mass is 9.78. The Balaban J connectivity index is 1.79. The second-order valence-electron chi connectivity index (χ2n) is 9.03. The summed E-state index contributed by atoms with van der Waals surface area (Å²) in [5.41, 5.74) is 2.61. The van der Waals surface area contributed by atoms with E-state index < -0.39 is 0 Å². The largest absolute Gasteiger partial charge is 0.331 e. The van der Waals surface area contributed by atoms with E-state index in [-0.39, 0.29) is 23.5 Å². The van der Waals surface area contributed by atoms with Gasteiger partial charge in [-0.1, -0.05) is 57.2 Å². The first kappa shape index (κ1) is 20.7. The molecule has 2 atom stereocenters. The van der Waals surface area contributed by atoms with Crippen LogP contribution in [0.3, 0.4) is 0 Å². The number of urea groups is 1. The minimum Gasteiger partial charge on any atom is -0.331 e. The van der Waals surface area contributed by atoms with Gasteiger partial charge in [0, 0.05) is 19.6 Å². The molecule has 28 heavy (non-hydrogen) atoms. The molecule has 0 spiro atoms. The summed E-state index contributed by atoms with van der Waals surface area (Å²) < 4.78 is 0. The van der Waals surface area contributed by atoms with E-state index >= 15 is 0 Å². The molecule has 2 aromatic rings. The highest BCUT2D eigenvalue weighted by molar-refractivity contribution is 5.89. The van der Waals surface area contributed by atoms with Gasteiger partial charge in [0.15, 0.2) is 0 Å². The molecule has 1 aliphatic heterocycles. The van der Waals surface area contributed by atoms with Gasteiger partial charge in [0.05, 0.1) is 6.04 Å². The zero-order valence-corrected chi connectivity index (χ0v) is 18.2. The number of rotatable bonds is 4. The van der Waals surface area contributed by atoms with Crippen LogP contribution < -0.4 is 5.32 Å². The SMILES string of the molecule is CCc1ccc(C(C)NC(=O)N(C)C2CCN(C)CC2(C)C)c2ccccc12. The zero-order chi connectivity index (χ0) is 20.5. The van der Waals surface area contributed by atoms with E-state index in [1.54, 1.807) is 0 Å². The Morgan fingerprint density at radius 2 is 1.93 bits per heavy atom. The lowest BCUT2D eigenvalue weighted by Gasteiger charge is -2.47. The van der Waals surface area contributed by atoms with Crippen molar-refractivity contribution in [1.82, 2.24) is 15.1 Å². The van der Waals surface area contributed by atoms with Crippen LogP contribution in [0.5, 0.6) is 0 Å². The smallest absolute Gasteiger partial charge is 0.317 e. The number of carbonyl (C=O) groups is 1. The first-order valence-electron chi connectivity index (χ1n) is 10.5. The van der Waals surface area contributed by atoms with Gasteiger partial charge in [-0.25, -0.2) is 4.79 Å². The molecule has 0 aromatic heterocycles. The van der Waals surface area contributed by atoms with Crippen LogP contribution in [0.25, 0.3) is 10.8 Å². The van der Waals surface area contributed by atoms with Crippen molar-refractivity contribution < 1.29 is 4.79 Å². The molecule has 1 aliphatic rings. The number of carbonyl (C=O) groups excluding carboxylic acids is 1. The molecule has 3 rings (SSSR count). The normalized spacial score (nSPS) is 20.7. The minimum absolute atomic E-state index is 0.0128. The summed E-state index contributed by atoms with van der Waals surface area (Å²) in [7, 11) is 4.10. The first-order chi connectivity index (χ1) is 13.2. The van der Waals surface area contributed by atoms with Crippen LogP contribution in [0.4, 0.5) is 4.79 Å². The van der Waals surface area contributed by atoms with Crippen molar-refractivity contribution in [3.05, 3.63) is 47.5 Å². The van der Waals surface area contributed by atoms with Crippen molar-refractivity contribution in [1.29, 1.82) is 0 Å². The number of nitrogens with one attached hydrogen (secondary N) is 1. The molecule has 1 heterocycles. The molecule has 152 valence electrons. The van der Waals surface area contributed by atoms with Gasteiger partial charge in [0.25, 0.3) is 0 Å². The Labute approximate surface area is 169 Å². The lowest BCUT2D eigenvalue weighted by Crippen LogP contribution is -2.57. The topological polar surface area (TPSA) is 35.6 Å². The number of likely N-dealkylation sites (tertiary alicyclic amines) is 1. The predicted octanol–water partition coefficient (Wildman–Crippen LogP) is 4.83. The Morgan fingerprint density at radius 3 is 2.57 bits per heavy atom. The quantitative estimate of drug-likeness (QED) is 0.823. The van der Waals surface area contributed by atoms with Gasteiger partial charge < -0.3 is 15.1 Å². The van der Waals surface area contributed by atoms with E-state index in [0.29, 0.717) is 0 Å². The summed E-state index contributed by atoms with van der Waals surface area (Å²) >= 11 is 0. The molecule has 2 unspecified atom stereocenters. The highest BCUT2D eigenvalue weighted by Gasteiger charge is 2.38. The van der Waals surface area contributed by atoms with E-state index in [4.69, 9.17) is 0 Å². The van der Waals surface area contributed by atoms with Gasteiger partial charge in [0.1, 0.15) is 0 Å². The van der Waals surface area contributed by atoms with E-state index in [9.17, 15) is 4.79 Å². The average molecular weight is 382 g/mol. The predicted molar refractivity (Wildman–Crippen MR) is 118 cm³/mol. The van der Waals surface area contributed by atoms with Gasteiger partial charge in [-0.3, -0.25) is 0 Å². The molecular weight excluding hydrogens is 346 g/mol. The Hall–Kier alpha value is -2.07. The number of benzene rings is 2. The molecule has 0 aliphatic carbocycles. The summed E-state index contributed by atoms with van der Waals surface area (Å²) in [5, 5.41) is 5.76. The number of fused-ring (bicyclic) bond motifs is 1. The fourth-order valence-electron chi connectivity index (χ4n) is 4.91. The maximum Gasteiger partial charge on any atom is 0.317 e. The fraction of sp³-hybridized carbons (Fsp3) is 0.542. The van der Waals surface area contributed by atoms with E-state index in [1.807, 2.05) is 11.9 Å². The van der Waals surface area contributed by atoms with Gasteiger partial charge >= 0.3 is 6.03 Å². The minimum atomic E-state index is -0.0415. The molecule has 1 fully saturated rings. The van der Waals surface area contributed by atoms with Gasteiger partial charge in [-0.15, -0.1) is 0 Å². The molecule has 4 heteroatoms. The van der Waals surface area contributed by atoms with Crippen LogP contribution >= 0.6 is 0 Å². The number of amides is 2. The Bertz CT molecular complexity index is 845. The van der Waals surface area contributed by atoms with Gasteiger partial charge in [-0.2, -0.15) is 0 Å². The van der Waals surface area contributed by atoms with Crippen molar-refractivity contribution in [2.75, 3.05) is 27.2 Å².